The van der Waals surface area contributed by atoms with Gasteiger partial charge in [-0.1, -0.05) is 0 Å². The number of halogens is 2. The fourth-order valence-electron chi connectivity index (χ4n) is 1.12. The number of nitrogens with zero attached hydrogens (tertiary/aromatic N) is 1. The van der Waals surface area contributed by atoms with Gasteiger partial charge in [-0.25, -0.2) is 5.84 Å². The topological polar surface area (TPSA) is 144 Å². The van der Waals surface area contributed by atoms with Crippen LogP contribution in [-0.2, 0) is 0 Å². The van der Waals surface area contributed by atoms with Gasteiger partial charge in [-0.05, 0) is 27.7 Å². The van der Waals surface area contributed by atoms with Gasteiger partial charge in [0.05, 0.1) is 0 Å². The van der Waals surface area contributed by atoms with Crippen molar-refractivity contribution >= 4 is 5.82 Å². The summed E-state index contributed by atoms with van der Waals surface area (Å²) in [5.74, 6) is 10.9. The number of rotatable bonds is 2. The third-order valence-electron chi connectivity index (χ3n) is 1.81. The first-order chi connectivity index (χ1) is 8.26. The van der Waals surface area contributed by atoms with Crippen LogP contribution in [0.15, 0.2) is 0 Å². The van der Waals surface area contributed by atoms with Crippen molar-refractivity contribution in [2.45, 2.75) is 33.3 Å². The van der Waals surface area contributed by atoms with Crippen molar-refractivity contribution in [2.24, 2.45) is 17.5 Å². The summed E-state index contributed by atoms with van der Waals surface area (Å²) in [6.45, 7) is 6.60. The molecule has 0 aromatic carbocycles. The Morgan fingerprint density at radius 1 is 1.21 bits per heavy atom. The number of nitrogen functional groups attached to an aromatic ring is 1. The smallest absolute Gasteiger partial charge is 0.221 e. The minimum absolute atomic E-state index is 0. The molecule has 0 saturated carbocycles. The number of nitrogens with one attached hydrogen (secondary N) is 1. The molecule has 0 amide bonds. The molecule has 0 aliphatic carbocycles. The van der Waals surface area contributed by atoms with Gasteiger partial charge in [0.2, 0.25) is 11.8 Å². The minimum Gasteiger partial charge on any atom is -0.484 e. The zero-order chi connectivity index (χ0) is 14.5. The fraction of sp³-hybridized carbons (Fsp3) is 0.500. The number of hydrogen-bond donors (Lipinski definition) is 4. The van der Waals surface area contributed by atoms with E-state index >= 15 is 0 Å². The average Bonchev–Trinajstić information content (AvgIpc) is 2.31. The number of hydrazine groups is 2. The molecular weight excluding hydrogens is 260 g/mol. The molecule has 0 aliphatic heterocycles. The Kier molecular flexibility index (Phi) is 8.11. The van der Waals surface area contributed by atoms with E-state index in [0.717, 1.165) is 0 Å². The monoisotopic (exact) mass is 281 g/mol. The van der Waals surface area contributed by atoms with Crippen molar-refractivity contribution in [3.63, 3.8) is 0 Å². The molecule has 1 heterocycles. The molecular formula is C10H21F2N5O2. The van der Waals surface area contributed by atoms with E-state index in [2.05, 4.69) is 16.7 Å². The van der Waals surface area contributed by atoms with Gasteiger partial charge in [-0.3, -0.25) is 11.7 Å². The van der Waals surface area contributed by atoms with Crippen LogP contribution in [0, 0.1) is 18.7 Å². The average molecular weight is 281 g/mol. The Hall–Kier alpha value is -1.55. The lowest BCUT2D eigenvalue weighted by Crippen LogP contribution is -2.25. The first-order valence-electron chi connectivity index (χ1n) is 5.11. The highest BCUT2D eigenvalue weighted by Gasteiger charge is 2.22. The molecule has 0 unspecified atom stereocenters. The molecule has 9 heteroatoms. The van der Waals surface area contributed by atoms with Gasteiger partial charge in [0.1, 0.15) is 5.60 Å². The largest absolute Gasteiger partial charge is 0.484 e. The molecule has 1 aromatic rings. The van der Waals surface area contributed by atoms with E-state index in [1.807, 2.05) is 5.43 Å². The highest BCUT2D eigenvalue weighted by molar-refractivity contribution is 5.46. The van der Waals surface area contributed by atoms with E-state index < -0.39 is 17.4 Å². The van der Waals surface area contributed by atoms with E-state index in [9.17, 15) is 8.78 Å². The molecule has 0 saturated heterocycles. The summed E-state index contributed by atoms with van der Waals surface area (Å²) < 4.78 is 32.4. The Morgan fingerprint density at radius 3 is 2.05 bits per heavy atom. The van der Waals surface area contributed by atoms with Gasteiger partial charge in [-0.2, -0.15) is 13.8 Å². The maximum Gasteiger partial charge on any atom is 0.221 e. The molecule has 0 spiro atoms. The van der Waals surface area contributed by atoms with Crippen LogP contribution in [0.2, 0.25) is 0 Å². The molecule has 0 atom stereocenters. The highest BCUT2D eigenvalue weighted by atomic mass is 19.1. The number of aromatic nitrogens is 1. The van der Waals surface area contributed by atoms with Crippen molar-refractivity contribution in [2.75, 3.05) is 5.43 Å². The predicted molar refractivity (Wildman–Crippen MR) is 69.1 cm³/mol. The molecule has 1 aromatic heterocycles. The SMILES string of the molecule is Cc1c(F)nc(NN)c(F)c1OC(C)(C)C.NN.O. The molecule has 112 valence electrons. The van der Waals surface area contributed by atoms with Crippen LogP contribution in [-0.4, -0.2) is 16.1 Å². The predicted octanol–water partition coefficient (Wildman–Crippen LogP) is 0.125. The van der Waals surface area contributed by atoms with Crippen LogP contribution in [0.3, 0.4) is 0 Å². The zero-order valence-corrected chi connectivity index (χ0v) is 11.3. The minimum atomic E-state index is -0.811. The Bertz CT molecular complexity index is 410. The molecule has 9 N–H and O–H groups in total. The van der Waals surface area contributed by atoms with Gasteiger partial charge in [-0.15, -0.1) is 0 Å². The van der Waals surface area contributed by atoms with Crippen LogP contribution < -0.4 is 27.7 Å². The molecule has 1 rings (SSSR count). The Labute approximate surface area is 110 Å². The van der Waals surface area contributed by atoms with Gasteiger partial charge in [0.25, 0.3) is 0 Å². The van der Waals surface area contributed by atoms with Gasteiger partial charge in [0, 0.05) is 5.56 Å². The zero-order valence-electron chi connectivity index (χ0n) is 11.3. The second-order valence-corrected chi connectivity index (χ2v) is 4.38. The maximum atomic E-state index is 13.7. The van der Waals surface area contributed by atoms with Crippen LogP contribution in [0.4, 0.5) is 14.6 Å². The second-order valence-electron chi connectivity index (χ2n) is 4.38. The van der Waals surface area contributed by atoms with Gasteiger partial charge >= 0.3 is 0 Å². The summed E-state index contributed by atoms with van der Waals surface area (Å²) in [5, 5.41) is 0. The first kappa shape index (κ1) is 19.8. The van der Waals surface area contributed by atoms with Crippen molar-refractivity contribution < 1.29 is 19.0 Å². The van der Waals surface area contributed by atoms with Crippen molar-refractivity contribution in [1.82, 2.24) is 4.98 Å². The Balaban J connectivity index is 0. The third-order valence-corrected chi connectivity index (χ3v) is 1.81. The lowest BCUT2D eigenvalue weighted by Gasteiger charge is -2.23. The Morgan fingerprint density at radius 2 is 1.68 bits per heavy atom. The van der Waals surface area contributed by atoms with Crippen LogP contribution >= 0.6 is 0 Å². The number of ether oxygens (including phenoxy) is 1. The highest BCUT2D eigenvalue weighted by Crippen LogP contribution is 2.30. The van der Waals surface area contributed by atoms with E-state index in [1.165, 1.54) is 6.92 Å². The van der Waals surface area contributed by atoms with Gasteiger partial charge in [0.15, 0.2) is 11.6 Å². The summed E-state index contributed by atoms with van der Waals surface area (Å²) in [6.07, 6.45) is 0. The van der Waals surface area contributed by atoms with Crippen LogP contribution in [0.5, 0.6) is 5.75 Å². The number of nitrogens with two attached hydrogens (primary N) is 3. The lowest BCUT2D eigenvalue weighted by molar-refractivity contribution is 0.122. The third kappa shape index (κ3) is 5.30. The van der Waals surface area contributed by atoms with Crippen molar-refractivity contribution in [3.05, 3.63) is 17.3 Å². The molecule has 0 fully saturated rings. The summed E-state index contributed by atoms with van der Waals surface area (Å²) in [4.78, 5) is 3.32. The summed E-state index contributed by atoms with van der Waals surface area (Å²) >= 11 is 0. The lowest BCUT2D eigenvalue weighted by atomic mass is 10.1. The standard InChI is InChI=1S/C10H15F2N3O.H4N2.H2O/c1-5-7(16-10(2,3)4)6(11)9(15-13)14-8(5)12;1-2;/h13H2,1-4H3,(H,14,15);1-2H2;1H2. The molecule has 0 bridgehead atoms. The van der Waals surface area contributed by atoms with E-state index in [4.69, 9.17) is 10.6 Å². The molecule has 0 aliphatic rings. The molecule has 7 nitrogen and oxygen atoms in total. The van der Waals surface area contributed by atoms with Crippen LogP contribution in [0.1, 0.15) is 26.3 Å². The number of anilines is 1. The molecule has 19 heavy (non-hydrogen) atoms. The molecule has 0 radical (unpaired) electrons. The number of pyridine rings is 1. The summed E-state index contributed by atoms with van der Waals surface area (Å²) in [5.41, 5.74) is 1.37. The quantitative estimate of drug-likeness (QED) is 0.344. The van der Waals surface area contributed by atoms with E-state index in [0.29, 0.717) is 0 Å². The van der Waals surface area contributed by atoms with Gasteiger partial charge < -0.3 is 15.6 Å². The summed E-state index contributed by atoms with van der Waals surface area (Å²) in [7, 11) is 0. The maximum absolute atomic E-state index is 13.7. The van der Waals surface area contributed by atoms with Crippen LogP contribution in [0.25, 0.3) is 0 Å². The first-order valence-corrected chi connectivity index (χ1v) is 5.11. The second kappa shape index (κ2) is 7.79. The fourth-order valence-corrected chi connectivity index (χ4v) is 1.12. The van der Waals surface area contributed by atoms with E-state index in [-0.39, 0.29) is 22.6 Å². The number of hydrogen-bond acceptors (Lipinski definition) is 6. The normalized spacial score (nSPS) is 9.95. The van der Waals surface area contributed by atoms with E-state index in [1.54, 1.807) is 20.8 Å². The van der Waals surface area contributed by atoms with Crippen molar-refractivity contribution in [1.29, 1.82) is 0 Å². The van der Waals surface area contributed by atoms with Crippen molar-refractivity contribution in [3.8, 4) is 5.75 Å². The summed E-state index contributed by atoms with van der Waals surface area (Å²) in [6, 6.07) is 0.